The summed E-state index contributed by atoms with van der Waals surface area (Å²) in [4.78, 5) is 24.5. The molecule has 0 saturated heterocycles. The number of aromatic nitrogens is 4. The second-order valence-electron chi connectivity index (χ2n) is 6.38. The summed E-state index contributed by atoms with van der Waals surface area (Å²) in [5, 5.41) is 32.0. The Morgan fingerprint density at radius 1 is 1.38 bits per heavy atom. The number of carbonyl (C=O) groups is 2. The number of aryl methyl sites for hydroxylation is 1. The van der Waals surface area contributed by atoms with Gasteiger partial charge in [-0.1, -0.05) is 0 Å². The van der Waals surface area contributed by atoms with E-state index in [1.165, 1.54) is 17.5 Å². The Morgan fingerprint density at radius 3 is 2.92 bits per heavy atom. The molecule has 1 saturated carbocycles. The molecule has 0 bridgehead atoms. The number of aliphatic hydroxyl groups is 1. The molecule has 140 valence electrons. The third-order valence-corrected chi connectivity index (χ3v) is 5.35. The van der Waals surface area contributed by atoms with Crippen LogP contribution >= 0.6 is 11.3 Å². The predicted molar refractivity (Wildman–Crippen MR) is 94.5 cm³/mol. The first kappa shape index (κ1) is 18.5. The lowest BCUT2D eigenvalue weighted by Crippen LogP contribution is -2.49. The molecule has 1 fully saturated rings. The average molecular weight is 378 g/mol. The minimum Gasteiger partial charge on any atom is -0.391 e. The minimum absolute atomic E-state index is 0.0565. The van der Waals surface area contributed by atoms with Crippen LogP contribution in [0, 0.1) is 12.8 Å². The first-order valence-electron chi connectivity index (χ1n) is 8.58. The second-order valence-corrected chi connectivity index (χ2v) is 7.65. The fourth-order valence-corrected chi connectivity index (χ4v) is 3.76. The molecule has 3 rings (SSSR count). The third-order valence-electron chi connectivity index (χ3n) is 4.45. The molecule has 2 aromatic heterocycles. The highest BCUT2D eigenvalue weighted by molar-refractivity contribution is 7.11. The van der Waals surface area contributed by atoms with Crippen molar-refractivity contribution in [1.29, 1.82) is 0 Å². The molecule has 10 heteroatoms. The highest BCUT2D eigenvalue weighted by Crippen LogP contribution is 2.25. The van der Waals surface area contributed by atoms with E-state index in [1.54, 1.807) is 6.07 Å². The number of carbonyl (C=O) groups excluding carboxylic acids is 2. The van der Waals surface area contributed by atoms with Crippen LogP contribution in [0.3, 0.4) is 0 Å². The molecular formula is C16H22N6O3S. The van der Waals surface area contributed by atoms with Crippen molar-refractivity contribution in [3.8, 4) is 0 Å². The first-order valence-corrected chi connectivity index (χ1v) is 9.39. The number of rotatable bonds is 6. The van der Waals surface area contributed by atoms with Crippen molar-refractivity contribution in [1.82, 2.24) is 31.0 Å². The fourth-order valence-electron chi connectivity index (χ4n) is 3.05. The highest BCUT2D eigenvalue weighted by Gasteiger charge is 2.34. The lowest BCUT2D eigenvalue weighted by atomic mass is 9.83. The number of hydrogen-bond donors (Lipinski definition) is 4. The molecule has 2 aromatic rings. The van der Waals surface area contributed by atoms with Crippen molar-refractivity contribution in [3.63, 3.8) is 0 Å². The molecule has 0 radical (unpaired) electrons. The van der Waals surface area contributed by atoms with E-state index in [-0.39, 0.29) is 17.7 Å². The summed E-state index contributed by atoms with van der Waals surface area (Å²) >= 11 is 1.52. The Morgan fingerprint density at radius 2 is 2.23 bits per heavy atom. The molecule has 4 N–H and O–H groups in total. The maximum absolute atomic E-state index is 12.4. The van der Waals surface area contributed by atoms with Crippen molar-refractivity contribution in [2.45, 2.75) is 44.8 Å². The number of hydrogen-bond acceptors (Lipinski definition) is 7. The maximum Gasteiger partial charge on any atom is 0.269 e. The lowest BCUT2D eigenvalue weighted by Gasteiger charge is -2.33. The highest BCUT2D eigenvalue weighted by atomic mass is 32.1. The third kappa shape index (κ3) is 4.64. The molecule has 0 spiro atoms. The predicted octanol–water partition coefficient (Wildman–Crippen LogP) is 0.188. The van der Waals surface area contributed by atoms with Gasteiger partial charge in [-0.2, -0.15) is 5.10 Å². The number of nitrogens with zero attached hydrogens (tertiary/aromatic N) is 3. The molecule has 2 amide bonds. The van der Waals surface area contributed by atoms with Crippen molar-refractivity contribution < 1.29 is 14.7 Å². The quantitative estimate of drug-likeness (QED) is 0.567. The van der Waals surface area contributed by atoms with Gasteiger partial charge in [0.1, 0.15) is 15.7 Å². The van der Waals surface area contributed by atoms with Crippen LogP contribution in [0.15, 0.2) is 12.3 Å². The van der Waals surface area contributed by atoms with Gasteiger partial charge in [0.25, 0.3) is 5.91 Å². The average Bonchev–Trinajstić information content (AvgIpc) is 3.28. The van der Waals surface area contributed by atoms with E-state index in [0.717, 1.165) is 10.0 Å². The molecule has 26 heavy (non-hydrogen) atoms. The monoisotopic (exact) mass is 378 g/mol. The summed E-state index contributed by atoms with van der Waals surface area (Å²) in [6, 6.07) is 1.10. The molecule has 0 aromatic carbocycles. The van der Waals surface area contributed by atoms with Crippen LogP contribution in [-0.2, 0) is 11.2 Å². The summed E-state index contributed by atoms with van der Waals surface area (Å²) in [6.07, 6.45) is 2.96. The molecule has 0 aliphatic heterocycles. The van der Waals surface area contributed by atoms with Gasteiger partial charge in [0, 0.05) is 25.1 Å². The van der Waals surface area contributed by atoms with Crippen molar-refractivity contribution in [2.75, 3.05) is 6.54 Å². The molecule has 0 unspecified atom stereocenters. The molecule has 2 heterocycles. The first-order chi connectivity index (χ1) is 12.5. The zero-order valence-electron chi connectivity index (χ0n) is 14.4. The van der Waals surface area contributed by atoms with Crippen molar-refractivity contribution in [3.05, 3.63) is 28.0 Å². The summed E-state index contributed by atoms with van der Waals surface area (Å²) in [5.74, 6) is -0.625. The zero-order valence-corrected chi connectivity index (χ0v) is 15.3. The van der Waals surface area contributed by atoms with Crippen LogP contribution in [0.2, 0.25) is 0 Å². The number of amides is 2. The van der Waals surface area contributed by atoms with Gasteiger partial charge in [0.05, 0.1) is 12.1 Å². The SMILES string of the molecule is Cc1nnc(CCNC(=O)[C@H]2CC[C@@H](O)[C@H](NC(=O)c3ccn[nH]3)C2)s1. The van der Waals surface area contributed by atoms with Crippen molar-refractivity contribution >= 4 is 23.2 Å². The van der Waals surface area contributed by atoms with Gasteiger partial charge >= 0.3 is 0 Å². The smallest absolute Gasteiger partial charge is 0.269 e. The van der Waals surface area contributed by atoms with E-state index in [9.17, 15) is 14.7 Å². The van der Waals surface area contributed by atoms with E-state index in [4.69, 9.17) is 0 Å². The van der Waals surface area contributed by atoms with Gasteiger partial charge in [0.2, 0.25) is 5.91 Å². The Labute approximate surface area is 154 Å². The zero-order chi connectivity index (χ0) is 18.5. The topological polar surface area (TPSA) is 133 Å². The van der Waals surface area contributed by atoms with Gasteiger partial charge in [-0.15, -0.1) is 21.5 Å². The molecule has 3 atom stereocenters. The van der Waals surface area contributed by atoms with Crippen LogP contribution in [-0.4, -0.2) is 56.0 Å². The molecule has 9 nitrogen and oxygen atoms in total. The molecule has 1 aliphatic carbocycles. The fraction of sp³-hybridized carbons (Fsp3) is 0.562. The van der Waals surface area contributed by atoms with Gasteiger partial charge in [0.15, 0.2) is 0 Å². The Hall–Kier alpha value is -2.33. The maximum atomic E-state index is 12.4. The standard InChI is InChI=1S/C16H22N6O3S/c1-9-20-22-14(26-9)5-6-17-15(24)10-2-3-13(23)12(8-10)19-16(25)11-4-7-18-21-11/h4,7,10,12-13,23H,2-3,5-6,8H2,1H3,(H,17,24)(H,18,21)(H,19,25)/t10-,12+,13+/m0/s1. The Balaban J connectivity index is 1.48. The molecular weight excluding hydrogens is 356 g/mol. The summed E-state index contributed by atoms with van der Waals surface area (Å²) in [7, 11) is 0. The van der Waals surface area contributed by atoms with Crippen LogP contribution in [0.25, 0.3) is 0 Å². The van der Waals surface area contributed by atoms with E-state index < -0.39 is 12.1 Å². The minimum atomic E-state index is -0.657. The van der Waals surface area contributed by atoms with Gasteiger partial charge < -0.3 is 15.7 Å². The van der Waals surface area contributed by atoms with E-state index >= 15 is 0 Å². The van der Waals surface area contributed by atoms with Crippen LogP contribution < -0.4 is 10.6 Å². The van der Waals surface area contributed by atoms with Gasteiger partial charge in [-0.05, 0) is 32.3 Å². The summed E-state index contributed by atoms with van der Waals surface area (Å²) in [5.41, 5.74) is 0.330. The van der Waals surface area contributed by atoms with Gasteiger partial charge in [-0.3, -0.25) is 14.7 Å². The molecule has 1 aliphatic rings. The largest absolute Gasteiger partial charge is 0.391 e. The van der Waals surface area contributed by atoms with Crippen LogP contribution in [0.1, 0.15) is 39.8 Å². The van der Waals surface area contributed by atoms with Crippen LogP contribution in [0.5, 0.6) is 0 Å². The van der Waals surface area contributed by atoms with Crippen molar-refractivity contribution in [2.24, 2.45) is 5.92 Å². The normalized spacial score (nSPS) is 22.8. The number of nitrogens with one attached hydrogen (secondary N) is 3. The number of aromatic amines is 1. The number of H-pyrrole nitrogens is 1. The van der Waals surface area contributed by atoms with E-state index in [0.29, 0.717) is 37.9 Å². The van der Waals surface area contributed by atoms with Crippen LogP contribution in [0.4, 0.5) is 0 Å². The van der Waals surface area contributed by atoms with E-state index in [1.807, 2.05) is 6.92 Å². The Bertz CT molecular complexity index is 747. The summed E-state index contributed by atoms with van der Waals surface area (Å²) < 4.78 is 0. The summed E-state index contributed by atoms with van der Waals surface area (Å²) in [6.45, 7) is 2.39. The Kier molecular flexibility index (Phi) is 5.94. The second kappa shape index (κ2) is 8.37. The lowest BCUT2D eigenvalue weighted by molar-refractivity contribution is -0.127. The van der Waals surface area contributed by atoms with Gasteiger partial charge in [-0.25, -0.2) is 0 Å². The number of aliphatic hydroxyl groups excluding tert-OH is 1. The van der Waals surface area contributed by atoms with E-state index in [2.05, 4.69) is 31.0 Å².